The molecular formula is C20H26ClF3N2O5. The quantitative estimate of drug-likeness (QED) is 0.601. The van der Waals surface area contributed by atoms with Crippen LogP contribution in [0.15, 0.2) is 24.3 Å². The number of benzene rings is 1. The minimum atomic E-state index is -5.08. The summed E-state index contributed by atoms with van der Waals surface area (Å²) in [6, 6.07) is 7.96. The van der Waals surface area contributed by atoms with Crippen molar-refractivity contribution in [2.45, 2.75) is 19.1 Å². The first-order chi connectivity index (χ1) is 14.6. The first kappa shape index (κ1) is 25.4. The monoisotopic (exact) mass is 466 g/mol. The second kappa shape index (κ2) is 11.1. The molecule has 0 bridgehead atoms. The zero-order valence-electron chi connectivity index (χ0n) is 17.1. The third kappa shape index (κ3) is 7.34. The number of carboxylic acid groups (broad SMARTS) is 1. The van der Waals surface area contributed by atoms with Gasteiger partial charge in [0.15, 0.2) is 0 Å². The summed E-state index contributed by atoms with van der Waals surface area (Å²) in [7, 11) is 1.63. The molecule has 2 aliphatic heterocycles. The number of ether oxygens (including phenoxy) is 2. The number of fused-ring (bicyclic) bond motifs is 1. The second-order valence-corrected chi connectivity index (χ2v) is 8.07. The van der Waals surface area contributed by atoms with Crippen LogP contribution < -0.4 is 5.32 Å². The largest absolute Gasteiger partial charge is 0.490 e. The van der Waals surface area contributed by atoms with Gasteiger partial charge in [0.1, 0.15) is 0 Å². The Morgan fingerprint density at radius 3 is 2.68 bits per heavy atom. The highest BCUT2D eigenvalue weighted by atomic mass is 35.5. The number of alkyl halides is 3. The topological polar surface area (TPSA) is 88.1 Å². The summed E-state index contributed by atoms with van der Waals surface area (Å²) < 4.78 is 42.4. The summed E-state index contributed by atoms with van der Waals surface area (Å²) in [4.78, 5) is 23.6. The van der Waals surface area contributed by atoms with Gasteiger partial charge in [-0.3, -0.25) is 9.69 Å². The predicted molar refractivity (Wildman–Crippen MR) is 107 cm³/mol. The fraction of sp³-hybridized carbons (Fsp3) is 0.600. The minimum absolute atomic E-state index is 0.0710. The number of halogens is 4. The van der Waals surface area contributed by atoms with Gasteiger partial charge in [0, 0.05) is 56.1 Å². The van der Waals surface area contributed by atoms with Gasteiger partial charge in [-0.25, -0.2) is 4.79 Å². The van der Waals surface area contributed by atoms with E-state index in [1.807, 2.05) is 18.2 Å². The van der Waals surface area contributed by atoms with Gasteiger partial charge >= 0.3 is 12.1 Å². The molecule has 1 amide bonds. The highest BCUT2D eigenvalue weighted by Gasteiger charge is 2.51. The zero-order valence-corrected chi connectivity index (χ0v) is 17.8. The van der Waals surface area contributed by atoms with Crippen LogP contribution in [0.1, 0.15) is 12.0 Å². The van der Waals surface area contributed by atoms with Crippen LogP contribution in [0.2, 0.25) is 5.02 Å². The molecule has 0 aliphatic carbocycles. The molecule has 3 rings (SSSR count). The van der Waals surface area contributed by atoms with E-state index in [2.05, 4.69) is 16.3 Å². The number of nitrogens with one attached hydrogen (secondary N) is 1. The van der Waals surface area contributed by atoms with Crippen molar-refractivity contribution < 1.29 is 37.3 Å². The van der Waals surface area contributed by atoms with E-state index in [1.165, 1.54) is 0 Å². The van der Waals surface area contributed by atoms with Crippen LogP contribution in [-0.2, 0) is 25.6 Å². The normalized spacial score (nSPS) is 23.1. The fourth-order valence-corrected chi connectivity index (χ4v) is 4.05. The number of aliphatic carboxylic acids is 1. The first-order valence-electron chi connectivity index (χ1n) is 9.66. The number of likely N-dealkylation sites (tertiary alicyclic amines) is 1. The van der Waals surface area contributed by atoms with Crippen LogP contribution in [0.3, 0.4) is 0 Å². The van der Waals surface area contributed by atoms with Crippen LogP contribution in [0.5, 0.6) is 0 Å². The first-order valence-corrected chi connectivity index (χ1v) is 10.0. The lowest BCUT2D eigenvalue weighted by Crippen LogP contribution is -2.38. The van der Waals surface area contributed by atoms with Gasteiger partial charge in [0.05, 0.1) is 19.8 Å². The number of amides is 1. The van der Waals surface area contributed by atoms with Crippen molar-refractivity contribution in [3.05, 3.63) is 34.9 Å². The number of rotatable bonds is 7. The summed E-state index contributed by atoms with van der Waals surface area (Å²) in [5, 5.41) is 10.9. The summed E-state index contributed by atoms with van der Waals surface area (Å²) in [6.45, 7) is 5.15. The molecule has 1 aromatic rings. The number of nitrogens with zero attached hydrogens (tertiary/aromatic N) is 1. The van der Waals surface area contributed by atoms with Gasteiger partial charge in [0.2, 0.25) is 5.91 Å². The molecule has 0 unspecified atom stereocenters. The van der Waals surface area contributed by atoms with Crippen molar-refractivity contribution in [3.8, 4) is 0 Å². The van der Waals surface area contributed by atoms with E-state index in [0.717, 1.165) is 36.8 Å². The Hall–Kier alpha value is -1.88. The van der Waals surface area contributed by atoms with Gasteiger partial charge in [-0.15, -0.1) is 0 Å². The van der Waals surface area contributed by atoms with Gasteiger partial charge < -0.3 is 19.9 Å². The number of carbonyl (C=O) groups is 2. The molecule has 7 nitrogen and oxygen atoms in total. The number of hydrogen-bond donors (Lipinski definition) is 2. The summed E-state index contributed by atoms with van der Waals surface area (Å²) in [5.41, 5.74) is 1.07. The van der Waals surface area contributed by atoms with E-state index in [1.54, 1.807) is 7.11 Å². The maximum Gasteiger partial charge on any atom is 0.490 e. The lowest BCUT2D eigenvalue weighted by Gasteiger charge is -2.26. The van der Waals surface area contributed by atoms with Crippen LogP contribution in [0, 0.1) is 11.3 Å². The number of methoxy groups -OCH3 is 1. The zero-order chi connectivity index (χ0) is 23.1. The summed E-state index contributed by atoms with van der Waals surface area (Å²) in [5.74, 6) is -2.26. The highest BCUT2D eigenvalue weighted by Crippen LogP contribution is 2.44. The van der Waals surface area contributed by atoms with E-state index in [-0.39, 0.29) is 11.3 Å². The Kier molecular flexibility index (Phi) is 9.11. The maximum atomic E-state index is 12.3. The second-order valence-electron chi connectivity index (χ2n) is 7.66. The van der Waals surface area contributed by atoms with Crippen molar-refractivity contribution in [1.82, 2.24) is 10.2 Å². The molecule has 0 saturated carbocycles. The third-order valence-corrected chi connectivity index (χ3v) is 5.70. The maximum absolute atomic E-state index is 12.3. The predicted octanol–water partition coefficient (Wildman–Crippen LogP) is 2.57. The number of carboxylic acids is 1. The number of carbonyl (C=O) groups excluding carboxylic acids is 1. The molecule has 2 N–H and O–H groups in total. The molecule has 0 radical (unpaired) electrons. The Balaban J connectivity index is 0.000000423. The fourth-order valence-electron chi connectivity index (χ4n) is 3.86. The number of hydrogen-bond acceptors (Lipinski definition) is 5. The van der Waals surface area contributed by atoms with Gasteiger partial charge in [-0.1, -0.05) is 29.8 Å². The molecule has 174 valence electrons. The molecular weight excluding hydrogens is 441 g/mol. The molecule has 2 saturated heterocycles. The van der Waals surface area contributed by atoms with Crippen molar-refractivity contribution in [1.29, 1.82) is 0 Å². The summed E-state index contributed by atoms with van der Waals surface area (Å²) >= 11 is 6.29. The molecule has 31 heavy (non-hydrogen) atoms. The van der Waals surface area contributed by atoms with E-state index in [9.17, 15) is 18.0 Å². The Morgan fingerprint density at radius 2 is 2.06 bits per heavy atom. The molecule has 1 aromatic carbocycles. The van der Waals surface area contributed by atoms with Gasteiger partial charge in [0.25, 0.3) is 0 Å². The molecule has 2 aliphatic rings. The lowest BCUT2D eigenvalue weighted by molar-refractivity contribution is -0.192. The molecule has 2 fully saturated rings. The van der Waals surface area contributed by atoms with Crippen LogP contribution in [0.4, 0.5) is 13.2 Å². The van der Waals surface area contributed by atoms with Gasteiger partial charge in [-0.05, 0) is 11.6 Å². The molecule has 0 aromatic heterocycles. The van der Waals surface area contributed by atoms with Crippen LogP contribution in [-0.4, -0.2) is 74.6 Å². The average molecular weight is 467 g/mol. The molecule has 2 atom stereocenters. The van der Waals surface area contributed by atoms with E-state index in [4.69, 9.17) is 31.0 Å². The van der Waals surface area contributed by atoms with E-state index >= 15 is 0 Å². The lowest BCUT2D eigenvalue weighted by atomic mass is 9.78. The van der Waals surface area contributed by atoms with Crippen molar-refractivity contribution in [2.75, 3.05) is 46.6 Å². The third-order valence-electron chi connectivity index (χ3n) is 5.33. The van der Waals surface area contributed by atoms with Crippen molar-refractivity contribution >= 4 is 23.5 Å². The van der Waals surface area contributed by atoms with Crippen molar-refractivity contribution in [2.24, 2.45) is 11.3 Å². The van der Waals surface area contributed by atoms with Crippen LogP contribution in [0.25, 0.3) is 0 Å². The van der Waals surface area contributed by atoms with Gasteiger partial charge in [-0.2, -0.15) is 13.2 Å². The van der Waals surface area contributed by atoms with Crippen molar-refractivity contribution in [3.63, 3.8) is 0 Å². The van der Waals surface area contributed by atoms with E-state index < -0.39 is 12.1 Å². The Bertz CT molecular complexity index is 765. The average Bonchev–Trinajstić information content (AvgIpc) is 3.19. The molecule has 0 spiro atoms. The standard InChI is InChI=1S/C18H25ClN2O3.C2HF3O2/c1-23-7-6-20-17(22)8-18-12-21(10-15(18)11-24-13-18)9-14-4-2-3-5-16(14)19;3-2(4,5)1(6)7/h2-5,15H,6-13H2,1H3,(H,20,22);(H,6,7)/t15-,18+;/m1./s1. The van der Waals surface area contributed by atoms with E-state index in [0.29, 0.717) is 32.1 Å². The SMILES string of the molecule is COCCNC(=O)C[C@]12COC[C@H]1CN(Cc1ccccc1Cl)C2.O=C(O)C(F)(F)F. The smallest absolute Gasteiger partial charge is 0.475 e. The Morgan fingerprint density at radius 1 is 1.39 bits per heavy atom. The summed E-state index contributed by atoms with van der Waals surface area (Å²) in [6.07, 6.45) is -4.57. The van der Waals surface area contributed by atoms with Crippen LogP contribution >= 0.6 is 11.6 Å². The minimum Gasteiger partial charge on any atom is -0.475 e. The molecule has 11 heteroatoms. The highest BCUT2D eigenvalue weighted by molar-refractivity contribution is 6.31. The Labute approximate surface area is 183 Å². The molecule has 2 heterocycles.